The first kappa shape index (κ1) is 16.9. The lowest BCUT2D eigenvalue weighted by atomic mass is 10.1. The van der Waals surface area contributed by atoms with Gasteiger partial charge in [0.2, 0.25) is 5.91 Å². The standard InChI is InChI=1S/C17H21N3O3S/c1-3-22-13-6-4-12(5-7-13)14-10-24-17(19-14)20-16(21)15-11(2)23-9-8-18-15/h4-7,10-11,15,18H,3,8-9H2,1-2H3,(H,19,20,21)/t11-,15+/m1/s1. The Morgan fingerprint density at radius 2 is 2.25 bits per heavy atom. The second-order valence-corrected chi connectivity index (χ2v) is 6.35. The van der Waals surface area contributed by atoms with E-state index in [1.165, 1.54) is 11.3 Å². The van der Waals surface area contributed by atoms with E-state index in [0.717, 1.165) is 17.0 Å². The number of ether oxygens (including phenoxy) is 2. The average molecular weight is 347 g/mol. The predicted molar refractivity (Wildman–Crippen MR) is 94.6 cm³/mol. The van der Waals surface area contributed by atoms with Crippen LogP contribution in [-0.4, -0.2) is 42.8 Å². The van der Waals surface area contributed by atoms with Gasteiger partial charge in [0.1, 0.15) is 11.8 Å². The van der Waals surface area contributed by atoms with Crippen molar-refractivity contribution in [3.05, 3.63) is 29.6 Å². The number of amides is 1. The summed E-state index contributed by atoms with van der Waals surface area (Å²) in [4.78, 5) is 16.8. The summed E-state index contributed by atoms with van der Waals surface area (Å²) in [5.74, 6) is 0.720. The average Bonchev–Trinajstić information content (AvgIpc) is 3.04. The summed E-state index contributed by atoms with van der Waals surface area (Å²) >= 11 is 1.41. The van der Waals surface area contributed by atoms with Crippen LogP contribution in [0, 0.1) is 0 Å². The number of carbonyl (C=O) groups is 1. The second-order valence-electron chi connectivity index (χ2n) is 5.49. The lowest BCUT2D eigenvalue weighted by Crippen LogP contribution is -2.53. The van der Waals surface area contributed by atoms with Crippen LogP contribution in [0.4, 0.5) is 5.13 Å². The van der Waals surface area contributed by atoms with Crippen molar-refractivity contribution in [2.24, 2.45) is 0 Å². The van der Waals surface area contributed by atoms with E-state index >= 15 is 0 Å². The minimum atomic E-state index is -0.350. The monoisotopic (exact) mass is 347 g/mol. The van der Waals surface area contributed by atoms with Gasteiger partial charge in [-0.15, -0.1) is 11.3 Å². The summed E-state index contributed by atoms with van der Waals surface area (Å²) in [6.07, 6.45) is -0.149. The smallest absolute Gasteiger partial charge is 0.245 e. The van der Waals surface area contributed by atoms with Crippen LogP contribution in [0.25, 0.3) is 11.3 Å². The van der Waals surface area contributed by atoms with Gasteiger partial charge in [0, 0.05) is 17.5 Å². The number of hydrogen-bond donors (Lipinski definition) is 2. The van der Waals surface area contributed by atoms with Crippen molar-refractivity contribution in [1.82, 2.24) is 10.3 Å². The zero-order valence-corrected chi connectivity index (χ0v) is 14.6. The van der Waals surface area contributed by atoms with Gasteiger partial charge in [-0.1, -0.05) is 0 Å². The Morgan fingerprint density at radius 1 is 1.46 bits per heavy atom. The first-order valence-corrected chi connectivity index (χ1v) is 8.90. The molecule has 2 aromatic rings. The van der Waals surface area contributed by atoms with Crippen LogP contribution in [-0.2, 0) is 9.53 Å². The molecule has 3 rings (SSSR count). The number of benzene rings is 1. The molecule has 1 amide bonds. The largest absolute Gasteiger partial charge is 0.494 e. The first-order valence-electron chi connectivity index (χ1n) is 8.02. The maximum absolute atomic E-state index is 12.3. The fourth-order valence-electron chi connectivity index (χ4n) is 2.56. The van der Waals surface area contributed by atoms with Gasteiger partial charge in [-0.05, 0) is 38.1 Å². The number of rotatable bonds is 5. The topological polar surface area (TPSA) is 72.5 Å². The third-order valence-electron chi connectivity index (χ3n) is 3.79. The highest BCUT2D eigenvalue weighted by Gasteiger charge is 2.28. The molecule has 0 bridgehead atoms. The van der Waals surface area contributed by atoms with Gasteiger partial charge >= 0.3 is 0 Å². The molecule has 1 saturated heterocycles. The van der Waals surface area contributed by atoms with Crippen LogP contribution in [0.15, 0.2) is 29.6 Å². The van der Waals surface area contributed by atoms with Crippen LogP contribution in [0.2, 0.25) is 0 Å². The van der Waals surface area contributed by atoms with Crippen molar-refractivity contribution >= 4 is 22.4 Å². The molecule has 0 aliphatic carbocycles. The number of morpholine rings is 1. The fraction of sp³-hybridized carbons (Fsp3) is 0.412. The van der Waals surface area contributed by atoms with E-state index in [9.17, 15) is 4.79 Å². The maximum Gasteiger partial charge on any atom is 0.245 e. The molecular formula is C17H21N3O3S. The molecule has 24 heavy (non-hydrogen) atoms. The summed E-state index contributed by atoms with van der Waals surface area (Å²) in [7, 11) is 0. The zero-order chi connectivity index (χ0) is 16.9. The molecule has 1 fully saturated rings. The first-order chi connectivity index (χ1) is 11.7. The predicted octanol–water partition coefficient (Wildman–Crippen LogP) is 2.52. The summed E-state index contributed by atoms with van der Waals surface area (Å²) in [5, 5.41) is 8.55. The van der Waals surface area contributed by atoms with E-state index in [0.29, 0.717) is 24.9 Å². The van der Waals surface area contributed by atoms with E-state index in [1.807, 2.05) is 43.5 Å². The summed E-state index contributed by atoms with van der Waals surface area (Å²) in [6, 6.07) is 7.41. The fourth-order valence-corrected chi connectivity index (χ4v) is 3.29. The third-order valence-corrected chi connectivity index (χ3v) is 4.55. The number of thiazole rings is 1. The number of nitrogens with one attached hydrogen (secondary N) is 2. The van der Waals surface area contributed by atoms with Crippen molar-refractivity contribution in [1.29, 1.82) is 0 Å². The number of aromatic nitrogens is 1. The molecule has 6 nitrogen and oxygen atoms in total. The number of carbonyl (C=O) groups excluding carboxylic acids is 1. The lowest BCUT2D eigenvalue weighted by molar-refractivity contribution is -0.123. The van der Waals surface area contributed by atoms with Crippen LogP contribution in [0.5, 0.6) is 5.75 Å². The summed E-state index contributed by atoms with van der Waals surface area (Å²) < 4.78 is 10.9. The van der Waals surface area contributed by atoms with Crippen molar-refractivity contribution in [2.75, 3.05) is 25.1 Å². The van der Waals surface area contributed by atoms with E-state index in [2.05, 4.69) is 15.6 Å². The third kappa shape index (κ3) is 3.92. The molecule has 1 aliphatic rings. The Labute approximate surface area is 145 Å². The lowest BCUT2D eigenvalue weighted by Gasteiger charge is -2.28. The molecule has 0 spiro atoms. The minimum Gasteiger partial charge on any atom is -0.494 e. The Bertz CT molecular complexity index is 687. The molecule has 1 aromatic carbocycles. The van der Waals surface area contributed by atoms with E-state index in [-0.39, 0.29) is 18.1 Å². The molecule has 1 aliphatic heterocycles. The van der Waals surface area contributed by atoms with E-state index in [1.54, 1.807) is 0 Å². The van der Waals surface area contributed by atoms with Gasteiger partial charge in [-0.25, -0.2) is 4.98 Å². The van der Waals surface area contributed by atoms with Crippen LogP contribution in [0.3, 0.4) is 0 Å². The van der Waals surface area contributed by atoms with Crippen molar-refractivity contribution < 1.29 is 14.3 Å². The highest BCUT2D eigenvalue weighted by Crippen LogP contribution is 2.26. The van der Waals surface area contributed by atoms with Gasteiger partial charge in [0.05, 0.1) is 25.0 Å². The number of anilines is 1. The normalized spacial score (nSPS) is 20.6. The molecule has 0 unspecified atom stereocenters. The van der Waals surface area contributed by atoms with Gasteiger partial charge < -0.3 is 20.1 Å². The Balaban J connectivity index is 1.65. The minimum absolute atomic E-state index is 0.116. The summed E-state index contributed by atoms with van der Waals surface area (Å²) in [6.45, 7) is 5.80. The van der Waals surface area contributed by atoms with Crippen LogP contribution >= 0.6 is 11.3 Å². The van der Waals surface area contributed by atoms with Gasteiger partial charge in [-0.2, -0.15) is 0 Å². The highest BCUT2D eigenvalue weighted by atomic mass is 32.1. The maximum atomic E-state index is 12.3. The van der Waals surface area contributed by atoms with E-state index in [4.69, 9.17) is 9.47 Å². The second kappa shape index (κ2) is 7.74. The SMILES string of the molecule is CCOc1ccc(-c2csc(NC(=O)[C@H]3NCCO[C@@H]3C)n2)cc1. The summed E-state index contributed by atoms with van der Waals surface area (Å²) in [5.41, 5.74) is 1.82. The molecule has 2 N–H and O–H groups in total. The van der Waals surface area contributed by atoms with E-state index < -0.39 is 0 Å². The quantitative estimate of drug-likeness (QED) is 0.869. The molecule has 2 atom stereocenters. The Morgan fingerprint density at radius 3 is 2.96 bits per heavy atom. The molecule has 7 heteroatoms. The van der Waals surface area contributed by atoms with Crippen LogP contribution < -0.4 is 15.4 Å². The molecule has 0 saturated carbocycles. The number of hydrogen-bond acceptors (Lipinski definition) is 6. The zero-order valence-electron chi connectivity index (χ0n) is 13.7. The highest BCUT2D eigenvalue weighted by molar-refractivity contribution is 7.14. The van der Waals surface area contributed by atoms with Crippen molar-refractivity contribution in [2.45, 2.75) is 26.0 Å². The van der Waals surface area contributed by atoms with Crippen molar-refractivity contribution in [3.63, 3.8) is 0 Å². The van der Waals surface area contributed by atoms with Gasteiger partial charge in [-0.3, -0.25) is 4.79 Å². The molecule has 0 radical (unpaired) electrons. The van der Waals surface area contributed by atoms with Crippen molar-refractivity contribution in [3.8, 4) is 17.0 Å². The Hall–Kier alpha value is -1.96. The Kier molecular flexibility index (Phi) is 5.44. The van der Waals surface area contributed by atoms with Gasteiger partial charge in [0.15, 0.2) is 5.13 Å². The molecule has 2 heterocycles. The molecule has 1 aromatic heterocycles. The molecule has 128 valence electrons. The van der Waals surface area contributed by atoms with Gasteiger partial charge in [0.25, 0.3) is 0 Å². The number of nitrogens with zero attached hydrogens (tertiary/aromatic N) is 1. The molecular weight excluding hydrogens is 326 g/mol. The van der Waals surface area contributed by atoms with Crippen LogP contribution in [0.1, 0.15) is 13.8 Å².